The third kappa shape index (κ3) is 5.15. The molecule has 1 atom stereocenters. The molecular formula is C33H22N6O3S. The largest absolute Gasteiger partial charge is 0.478 e. The molecule has 0 aliphatic carbocycles. The number of fused-ring (bicyclic) bond motifs is 4. The van der Waals surface area contributed by atoms with Gasteiger partial charge >= 0.3 is 5.97 Å². The molecule has 0 fully saturated rings. The fourth-order valence-electron chi connectivity index (χ4n) is 4.99. The van der Waals surface area contributed by atoms with Crippen LogP contribution in [0.3, 0.4) is 0 Å². The maximum atomic E-state index is 13.6. The number of nitrogens with zero attached hydrogens (tertiary/aromatic N) is 4. The van der Waals surface area contributed by atoms with Gasteiger partial charge in [-0.1, -0.05) is 90.6 Å². The highest BCUT2D eigenvalue weighted by Crippen LogP contribution is 2.35. The zero-order valence-electron chi connectivity index (χ0n) is 22.4. The first kappa shape index (κ1) is 26.3. The molecule has 7 rings (SSSR count). The number of carboxylic acid groups (broad SMARTS) is 1. The summed E-state index contributed by atoms with van der Waals surface area (Å²) in [5.41, 5.74) is 5.62. The van der Waals surface area contributed by atoms with Gasteiger partial charge in [0.15, 0.2) is 5.65 Å². The number of pyridine rings is 1. The van der Waals surface area contributed by atoms with Gasteiger partial charge in [0.2, 0.25) is 11.1 Å². The third-order valence-corrected chi connectivity index (χ3v) is 8.17. The van der Waals surface area contributed by atoms with E-state index in [9.17, 15) is 14.7 Å². The summed E-state index contributed by atoms with van der Waals surface area (Å²) in [4.78, 5) is 38.1. The Balaban J connectivity index is 1.15. The Morgan fingerprint density at radius 1 is 0.791 bits per heavy atom. The smallest absolute Gasteiger partial charge is 0.336 e. The minimum absolute atomic E-state index is 0.183. The molecule has 0 spiro atoms. The van der Waals surface area contributed by atoms with Gasteiger partial charge in [0, 0.05) is 27.5 Å². The minimum Gasteiger partial charge on any atom is -0.478 e. The number of aromatic amines is 1. The van der Waals surface area contributed by atoms with Crippen LogP contribution in [0.2, 0.25) is 0 Å². The second kappa shape index (κ2) is 11.0. The molecule has 0 radical (unpaired) electrons. The maximum absolute atomic E-state index is 13.6. The Morgan fingerprint density at radius 2 is 1.51 bits per heavy atom. The number of aromatic carboxylic acids is 1. The quantitative estimate of drug-likeness (QED) is 0.173. The van der Waals surface area contributed by atoms with Crippen LogP contribution in [-0.4, -0.2) is 42.1 Å². The van der Waals surface area contributed by atoms with E-state index in [4.69, 9.17) is 0 Å². The number of carbonyl (C=O) groups excluding carboxylic acids is 1. The lowest BCUT2D eigenvalue weighted by atomic mass is 10.0. The summed E-state index contributed by atoms with van der Waals surface area (Å²) in [6, 6.07) is 33.1. The number of H-pyrrole nitrogens is 1. The van der Waals surface area contributed by atoms with Crippen LogP contribution in [0.1, 0.15) is 21.2 Å². The first-order valence-corrected chi connectivity index (χ1v) is 14.3. The van der Waals surface area contributed by atoms with Crippen LogP contribution in [0, 0.1) is 0 Å². The Morgan fingerprint density at radius 3 is 2.30 bits per heavy atom. The summed E-state index contributed by atoms with van der Waals surface area (Å²) in [7, 11) is 0. The molecule has 0 saturated carbocycles. The first-order valence-electron chi connectivity index (χ1n) is 13.4. The van der Waals surface area contributed by atoms with E-state index in [-0.39, 0.29) is 11.5 Å². The maximum Gasteiger partial charge on any atom is 0.336 e. The van der Waals surface area contributed by atoms with Gasteiger partial charge in [-0.25, -0.2) is 14.8 Å². The van der Waals surface area contributed by atoms with E-state index in [0.29, 0.717) is 38.6 Å². The van der Waals surface area contributed by atoms with Crippen molar-refractivity contribution in [2.75, 3.05) is 5.32 Å². The second-order valence-electron chi connectivity index (χ2n) is 9.81. The molecule has 3 N–H and O–H groups in total. The summed E-state index contributed by atoms with van der Waals surface area (Å²) in [6.07, 6.45) is 0. The number of benzene rings is 4. The summed E-state index contributed by atoms with van der Waals surface area (Å²) in [6.45, 7) is 0. The van der Waals surface area contributed by atoms with Crippen molar-refractivity contribution >= 4 is 62.3 Å². The van der Waals surface area contributed by atoms with Crippen LogP contribution < -0.4 is 5.32 Å². The highest BCUT2D eigenvalue weighted by atomic mass is 32.2. The Bertz CT molecular complexity index is 2150. The summed E-state index contributed by atoms with van der Waals surface area (Å²) in [5, 5.41) is 22.7. The topological polar surface area (TPSA) is 134 Å². The molecule has 1 amide bonds. The average molecular weight is 583 g/mol. The number of hydrogen-bond donors (Lipinski definition) is 3. The molecule has 9 nitrogen and oxygen atoms in total. The van der Waals surface area contributed by atoms with Gasteiger partial charge in [0.05, 0.1) is 16.8 Å². The lowest BCUT2D eigenvalue weighted by molar-refractivity contribution is -0.115. The third-order valence-electron chi connectivity index (χ3n) is 7.06. The van der Waals surface area contributed by atoms with E-state index in [0.717, 1.165) is 22.0 Å². The molecule has 0 bridgehead atoms. The van der Waals surface area contributed by atoms with Crippen LogP contribution in [-0.2, 0) is 4.79 Å². The van der Waals surface area contributed by atoms with Gasteiger partial charge in [-0.15, -0.1) is 10.2 Å². The minimum atomic E-state index is -1.02. The molecule has 43 heavy (non-hydrogen) atoms. The molecule has 0 saturated heterocycles. The SMILES string of the molecule is O=C(O)c1cc(-c2ccc(NC(=O)C(Sc3nnc4c(n3)[nH]c3ccccc34)c3ccccc3)cc2)nc2ccccc12. The highest BCUT2D eigenvalue weighted by molar-refractivity contribution is 8.00. The number of rotatable bonds is 7. The van der Waals surface area contributed by atoms with E-state index in [1.807, 2.05) is 60.7 Å². The number of anilines is 1. The highest BCUT2D eigenvalue weighted by Gasteiger charge is 2.24. The summed E-state index contributed by atoms with van der Waals surface area (Å²) >= 11 is 1.22. The van der Waals surface area contributed by atoms with Crippen molar-refractivity contribution in [2.24, 2.45) is 0 Å². The predicted octanol–water partition coefficient (Wildman–Crippen LogP) is 6.89. The van der Waals surface area contributed by atoms with E-state index < -0.39 is 11.2 Å². The number of nitrogens with one attached hydrogen (secondary N) is 2. The number of thioether (sulfide) groups is 1. The predicted molar refractivity (Wildman–Crippen MR) is 167 cm³/mol. The number of carboxylic acids is 1. The number of carbonyl (C=O) groups is 2. The van der Waals surface area contributed by atoms with Gasteiger partial charge in [0.25, 0.3) is 0 Å². The van der Waals surface area contributed by atoms with E-state index in [1.54, 1.807) is 48.5 Å². The van der Waals surface area contributed by atoms with Crippen molar-refractivity contribution < 1.29 is 14.7 Å². The zero-order valence-corrected chi connectivity index (χ0v) is 23.2. The van der Waals surface area contributed by atoms with Crippen LogP contribution in [0.4, 0.5) is 5.69 Å². The fourth-order valence-corrected chi connectivity index (χ4v) is 5.90. The Labute approximate surface area is 249 Å². The Hall–Kier alpha value is -5.61. The van der Waals surface area contributed by atoms with E-state index in [1.165, 1.54) is 11.8 Å². The number of amides is 1. The lowest BCUT2D eigenvalue weighted by Crippen LogP contribution is -2.19. The standard InChI is InChI=1S/C33H22N6O3S/c40-31(34-21-16-14-19(15-17-21)27-18-24(32(41)42)22-10-4-6-12-25(22)35-27)29(20-8-2-1-3-9-20)43-33-37-30-28(38-39-33)23-11-5-7-13-26(23)36-30/h1-18,29H,(H,34,40)(H,41,42)(H,36,37,39). The van der Waals surface area contributed by atoms with Crippen molar-refractivity contribution in [1.82, 2.24) is 25.1 Å². The van der Waals surface area contributed by atoms with Crippen LogP contribution in [0.5, 0.6) is 0 Å². The van der Waals surface area contributed by atoms with Crippen molar-refractivity contribution in [1.29, 1.82) is 0 Å². The van der Waals surface area contributed by atoms with Crippen molar-refractivity contribution in [3.05, 3.63) is 120 Å². The zero-order chi connectivity index (χ0) is 29.3. The molecule has 3 heterocycles. The number of para-hydroxylation sites is 2. The van der Waals surface area contributed by atoms with Crippen LogP contribution >= 0.6 is 11.8 Å². The van der Waals surface area contributed by atoms with Crippen LogP contribution in [0.15, 0.2) is 114 Å². The lowest BCUT2D eigenvalue weighted by Gasteiger charge is -2.16. The number of aromatic nitrogens is 5. The summed E-state index contributed by atoms with van der Waals surface area (Å²) in [5.74, 6) is -1.27. The van der Waals surface area contributed by atoms with Crippen LogP contribution in [0.25, 0.3) is 44.2 Å². The Kier molecular flexibility index (Phi) is 6.72. The van der Waals surface area contributed by atoms with E-state index in [2.05, 4.69) is 30.5 Å². The van der Waals surface area contributed by atoms with Gasteiger partial charge < -0.3 is 15.4 Å². The van der Waals surface area contributed by atoms with Crippen molar-refractivity contribution in [2.45, 2.75) is 10.4 Å². The second-order valence-corrected chi connectivity index (χ2v) is 10.9. The molecule has 4 aromatic carbocycles. The van der Waals surface area contributed by atoms with Gasteiger partial charge in [-0.05, 0) is 35.9 Å². The van der Waals surface area contributed by atoms with Crippen molar-refractivity contribution in [3.63, 3.8) is 0 Å². The van der Waals surface area contributed by atoms with Gasteiger partial charge in [0.1, 0.15) is 10.8 Å². The average Bonchev–Trinajstić information content (AvgIpc) is 3.41. The molecule has 3 aromatic heterocycles. The molecule has 10 heteroatoms. The monoisotopic (exact) mass is 582 g/mol. The molecule has 7 aromatic rings. The summed E-state index contributed by atoms with van der Waals surface area (Å²) < 4.78 is 0. The molecular weight excluding hydrogens is 560 g/mol. The first-order chi connectivity index (χ1) is 21.0. The molecule has 1 unspecified atom stereocenters. The molecule has 0 aliphatic rings. The van der Waals surface area contributed by atoms with Gasteiger partial charge in [-0.2, -0.15) is 0 Å². The van der Waals surface area contributed by atoms with Gasteiger partial charge in [-0.3, -0.25) is 4.79 Å². The van der Waals surface area contributed by atoms with Crippen molar-refractivity contribution in [3.8, 4) is 11.3 Å². The fraction of sp³-hybridized carbons (Fsp3) is 0.0303. The molecule has 208 valence electrons. The van der Waals surface area contributed by atoms with E-state index >= 15 is 0 Å². The molecule has 0 aliphatic heterocycles. The number of hydrogen-bond acceptors (Lipinski definition) is 7. The normalized spacial score (nSPS) is 12.0.